The van der Waals surface area contributed by atoms with E-state index in [1.807, 2.05) is 12.1 Å². The average molecular weight is 437 g/mol. The zero-order chi connectivity index (χ0) is 15.5. The van der Waals surface area contributed by atoms with Gasteiger partial charge in [0.25, 0.3) is 0 Å². The van der Waals surface area contributed by atoms with Crippen LogP contribution in [0.3, 0.4) is 0 Å². The van der Waals surface area contributed by atoms with E-state index < -0.39 is 0 Å². The van der Waals surface area contributed by atoms with Gasteiger partial charge in [0.05, 0.1) is 18.9 Å². The topological polar surface area (TPSA) is 68.0 Å². The lowest BCUT2D eigenvalue weighted by Crippen LogP contribution is -2.39. The maximum absolute atomic E-state index is 5.61. The van der Waals surface area contributed by atoms with E-state index in [1.54, 1.807) is 13.4 Å². The summed E-state index contributed by atoms with van der Waals surface area (Å²) in [6, 6.07) is 3.89. The first-order chi connectivity index (χ1) is 10.9. The molecule has 6 nitrogen and oxygen atoms in total. The summed E-state index contributed by atoms with van der Waals surface area (Å²) in [5.74, 6) is 1.81. The summed E-state index contributed by atoms with van der Waals surface area (Å²) in [7, 11) is 1.72. The Labute approximate surface area is 155 Å². The second kappa shape index (κ2) is 12.6. The van der Waals surface area contributed by atoms with Crippen LogP contribution in [0.2, 0.25) is 0 Å². The van der Waals surface area contributed by atoms with Gasteiger partial charge in [0.15, 0.2) is 5.96 Å². The minimum Gasteiger partial charge on any atom is -0.469 e. The first-order valence-corrected chi connectivity index (χ1v) is 8.03. The molecule has 1 saturated heterocycles. The highest BCUT2D eigenvalue weighted by atomic mass is 127. The molecular formula is C16H28IN3O3. The third-order valence-electron chi connectivity index (χ3n) is 3.54. The van der Waals surface area contributed by atoms with Gasteiger partial charge in [-0.3, -0.25) is 4.99 Å². The van der Waals surface area contributed by atoms with Crippen LogP contribution in [0.5, 0.6) is 0 Å². The summed E-state index contributed by atoms with van der Waals surface area (Å²) in [5, 5.41) is 6.67. The second-order valence-corrected chi connectivity index (χ2v) is 5.35. The number of aliphatic imine (C=N–C) groups is 1. The fourth-order valence-corrected chi connectivity index (χ4v) is 2.34. The Kier molecular flexibility index (Phi) is 11.1. The number of nitrogens with zero attached hydrogens (tertiary/aromatic N) is 1. The largest absolute Gasteiger partial charge is 0.469 e. The van der Waals surface area contributed by atoms with Crippen LogP contribution in [0.15, 0.2) is 27.8 Å². The fraction of sp³-hybridized carbons (Fsp3) is 0.688. The first-order valence-electron chi connectivity index (χ1n) is 8.03. The molecule has 132 valence electrons. The molecule has 0 saturated carbocycles. The number of hydrogen-bond donors (Lipinski definition) is 2. The van der Waals surface area contributed by atoms with Crippen LogP contribution in [-0.2, 0) is 15.9 Å². The summed E-state index contributed by atoms with van der Waals surface area (Å²) in [6.45, 7) is 3.95. The van der Waals surface area contributed by atoms with Gasteiger partial charge in [0.2, 0.25) is 0 Å². The van der Waals surface area contributed by atoms with Gasteiger partial charge in [-0.15, -0.1) is 24.0 Å². The molecule has 2 N–H and O–H groups in total. The van der Waals surface area contributed by atoms with E-state index in [0.717, 1.165) is 63.7 Å². The van der Waals surface area contributed by atoms with Crippen molar-refractivity contribution < 1.29 is 13.9 Å². The molecule has 0 aromatic carbocycles. The maximum Gasteiger partial charge on any atom is 0.191 e. The Morgan fingerprint density at radius 2 is 2.26 bits per heavy atom. The van der Waals surface area contributed by atoms with E-state index in [0.29, 0.717) is 6.54 Å². The normalized spacial score (nSPS) is 17.8. The van der Waals surface area contributed by atoms with E-state index in [4.69, 9.17) is 13.9 Å². The number of halogens is 1. The van der Waals surface area contributed by atoms with E-state index in [-0.39, 0.29) is 30.1 Å². The number of ether oxygens (including phenoxy) is 2. The number of hydrogen-bond acceptors (Lipinski definition) is 4. The Morgan fingerprint density at radius 3 is 2.96 bits per heavy atom. The lowest BCUT2D eigenvalue weighted by atomic mass is 10.2. The predicted octanol–water partition coefficient (Wildman–Crippen LogP) is 2.19. The molecule has 0 bridgehead atoms. The van der Waals surface area contributed by atoms with Crippen molar-refractivity contribution >= 4 is 29.9 Å². The van der Waals surface area contributed by atoms with Crippen molar-refractivity contribution in [1.29, 1.82) is 0 Å². The summed E-state index contributed by atoms with van der Waals surface area (Å²) >= 11 is 0. The summed E-state index contributed by atoms with van der Waals surface area (Å²) < 4.78 is 16.0. The Morgan fingerprint density at radius 1 is 1.39 bits per heavy atom. The van der Waals surface area contributed by atoms with E-state index in [9.17, 15) is 0 Å². The number of furan rings is 1. The molecule has 23 heavy (non-hydrogen) atoms. The first kappa shape index (κ1) is 20.2. The van der Waals surface area contributed by atoms with E-state index >= 15 is 0 Å². The summed E-state index contributed by atoms with van der Waals surface area (Å²) in [5.41, 5.74) is 0. The summed E-state index contributed by atoms with van der Waals surface area (Å²) in [4.78, 5) is 4.62. The quantitative estimate of drug-likeness (QED) is 0.268. The lowest BCUT2D eigenvalue weighted by molar-refractivity contribution is 0.117. The third kappa shape index (κ3) is 8.57. The molecule has 1 aliphatic rings. The molecule has 1 unspecified atom stereocenters. The highest BCUT2D eigenvalue weighted by Gasteiger charge is 2.14. The molecule has 7 heteroatoms. The van der Waals surface area contributed by atoms with Crippen molar-refractivity contribution in [2.75, 3.05) is 40.0 Å². The van der Waals surface area contributed by atoms with Crippen LogP contribution in [0.25, 0.3) is 0 Å². The van der Waals surface area contributed by atoms with Crippen LogP contribution < -0.4 is 10.6 Å². The van der Waals surface area contributed by atoms with Gasteiger partial charge in [0.1, 0.15) is 5.76 Å². The smallest absolute Gasteiger partial charge is 0.191 e. The van der Waals surface area contributed by atoms with Crippen molar-refractivity contribution in [2.24, 2.45) is 4.99 Å². The number of methoxy groups -OCH3 is 1. The molecule has 1 aliphatic heterocycles. The van der Waals surface area contributed by atoms with Gasteiger partial charge in [-0.2, -0.15) is 0 Å². The number of guanidine groups is 1. The average Bonchev–Trinajstić information content (AvgIpc) is 3.21. The fourth-order valence-electron chi connectivity index (χ4n) is 2.34. The van der Waals surface area contributed by atoms with Crippen LogP contribution in [0.4, 0.5) is 0 Å². The number of rotatable bonds is 9. The van der Waals surface area contributed by atoms with Gasteiger partial charge < -0.3 is 24.5 Å². The zero-order valence-corrected chi connectivity index (χ0v) is 16.1. The van der Waals surface area contributed by atoms with E-state index in [2.05, 4.69) is 15.6 Å². The van der Waals surface area contributed by atoms with Crippen LogP contribution in [0, 0.1) is 0 Å². The molecule has 1 atom stereocenters. The SMILES string of the molecule is COCCCNC(=NCC1CCCO1)NCCc1ccco1.I. The molecule has 2 rings (SSSR count). The molecule has 1 aromatic rings. The lowest BCUT2D eigenvalue weighted by Gasteiger charge is -2.13. The molecule has 2 heterocycles. The van der Waals surface area contributed by atoms with Crippen molar-refractivity contribution in [3.63, 3.8) is 0 Å². The third-order valence-corrected chi connectivity index (χ3v) is 3.54. The predicted molar refractivity (Wildman–Crippen MR) is 102 cm³/mol. The van der Waals surface area contributed by atoms with Crippen LogP contribution in [-0.4, -0.2) is 52.0 Å². The van der Waals surface area contributed by atoms with Crippen LogP contribution in [0.1, 0.15) is 25.0 Å². The molecule has 1 fully saturated rings. The Balaban J connectivity index is 0.00000264. The van der Waals surface area contributed by atoms with Gasteiger partial charge in [-0.25, -0.2) is 0 Å². The minimum atomic E-state index is 0. The summed E-state index contributed by atoms with van der Waals surface area (Å²) in [6.07, 6.45) is 6.00. The van der Waals surface area contributed by atoms with Gasteiger partial charge in [-0.05, 0) is 31.4 Å². The molecule has 0 aliphatic carbocycles. The molecule has 0 radical (unpaired) electrons. The van der Waals surface area contributed by atoms with Gasteiger partial charge in [0, 0.05) is 39.8 Å². The molecule has 1 aromatic heterocycles. The van der Waals surface area contributed by atoms with Gasteiger partial charge in [-0.1, -0.05) is 0 Å². The Bertz CT molecular complexity index is 420. The van der Waals surface area contributed by atoms with Crippen molar-refractivity contribution in [3.05, 3.63) is 24.2 Å². The minimum absolute atomic E-state index is 0. The Hall–Kier alpha value is -0.800. The standard InChI is InChI=1S/C16H27N3O3.HI/c1-20-10-4-8-17-16(19-13-15-6-3-12-22-15)18-9-7-14-5-2-11-21-14;/h2,5,11,15H,3-4,6-10,12-13H2,1H3,(H2,17,18,19);1H. The highest BCUT2D eigenvalue weighted by molar-refractivity contribution is 14.0. The zero-order valence-electron chi connectivity index (χ0n) is 13.8. The van der Waals surface area contributed by atoms with Crippen molar-refractivity contribution in [1.82, 2.24) is 10.6 Å². The van der Waals surface area contributed by atoms with Gasteiger partial charge >= 0.3 is 0 Å². The molecule has 0 spiro atoms. The molecule has 0 amide bonds. The monoisotopic (exact) mass is 437 g/mol. The van der Waals surface area contributed by atoms with Crippen molar-refractivity contribution in [3.8, 4) is 0 Å². The highest BCUT2D eigenvalue weighted by Crippen LogP contribution is 2.11. The van der Waals surface area contributed by atoms with E-state index in [1.165, 1.54) is 0 Å². The number of nitrogens with one attached hydrogen (secondary N) is 2. The molecular weight excluding hydrogens is 409 g/mol. The van der Waals surface area contributed by atoms with Crippen LogP contribution >= 0.6 is 24.0 Å². The maximum atomic E-state index is 5.61. The second-order valence-electron chi connectivity index (χ2n) is 5.35. The van der Waals surface area contributed by atoms with Crippen molar-refractivity contribution in [2.45, 2.75) is 31.8 Å².